The van der Waals surface area contributed by atoms with Crippen molar-refractivity contribution < 1.29 is 9.53 Å². The molecule has 0 amide bonds. The standard InChI is InChI=1S/C17H29N3O3/c1-11(2)10-15(17(22)23-7)20-16(21)13(4)12(3)14(18-20)8-9-19(5)6/h11,15H,8-10H2,1-7H3/t15-/m0/s1. The van der Waals surface area contributed by atoms with Crippen molar-refractivity contribution in [2.45, 2.75) is 46.6 Å². The highest BCUT2D eigenvalue weighted by Gasteiger charge is 2.26. The number of methoxy groups -OCH3 is 1. The maximum atomic E-state index is 12.6. The summed E-state index contributed by atoms with van der Waals surface area (Å²) in [5.41, 5.74) is 2.19. The Hall–Kier alpha value is -1.69. The fourth-order valence-electron chi connectivity index (χ4n) is 2.46. The second-order valence-electron chi connectivity index (χ2n) is 6.67. The van der Waals surface area contributed by atoms with E-state index in [0.29, 0.717) is 12.0 Å². The van der Waals surface area contributed by atoms with Gasteiger partial charge in [-0.05, 0) is 45.8 Å². The van der Waals surface area contributed by atoms with E-state index in [1.54, 1.807) is 6.92 Å². The Morgan fingerprint density at radius 2 is 1.87 bits per heavy atom. The summed E-state index contributed by atoms with van der Waals surface area (Å²) in [6, 6.07) is -0.676. The molecule has 6 nitrogen and oxygen atoms in total. The molecule has 0 unspecified atom stereocenters. The highest BCUT2D eigenvalue weighted by Crippen LogP contribution is 2.18. The van der Waals surface area contributed by atoms with Crippen molar-refractivity contribution in [1.82, 2.24) is 14.7 Å². The van der Waals surface area contributed by atoms with Crippen LogP contribution in [0.15, 0.2) is 4.79 Å². The van der Waals surface area contributed by atoms with Gasteiger partial charge in [-0.25, -0.2) is 9.48 Å². The number of hydrogen-bond acceptors (Lipinski definition) is 5. The average Bonchev–Trinajstić information content (AvgIpc) is 2.49. The molecule has 0 fully saturated rings. The molecule has 0 aliphatic heterocycles. The van der Waals surface area contributed by atoms with Gasteiger partial charge >= 0.3 is 5.97 Å². The summed E-state index contributed by atoms with van der Waals surface area (Å²) in [6.45, 7) is 8.55. The first-order valence-electron chi connectivity index (χ1n) is 8.00. The largest absolute Gasteiger partial charge is 0.467 e. The third-order valence-corrected chi connectivity index (χ3v) is 4.01. The van der Waals surface area contributed by atoms with Gasteiger partial charge in [-0.15, -0.1) is 0 Å². The van der Waals surface area contributed by atoms with Gasteiger partial charge in [0.05, 0.1) is 12.8 Å². The molecule has 0 aliphatic rings. The van der Waals surface area contributed by atoms with E-state index in [0.717, 1.165) is 24.2 Å². The molecule has 0 radical (unpaired) electrons. The SMILES string of the molecule is COC(=O)[C@H](CC(C)C)n1nc(CCN(C)C)c(C)c(C)c1=O. The molecule has 0 spiro atoms. The van der Waals surface area contributed by atoms with Gasteiger partial charge in [0.25, 0.3) is 5.56 Å². The molecule has 1 aromatic heterocycles. The molecule has 0 bridgehead atoms. The molecule has 0 N–H and O–H groups in total. The molecule has 0 aliphatic carbocycles. The molecule has 23 heavy (non-hydrogen) atoms. The smallest absolute Gasteiger partial charge is 0.330 e. The number of ether oxygens (including phenoxy) is 1. The molecule has 130 valence electrons. The van der Waals surface area contributed by atoms with E-state index in [4.69, 9.17) is 4.74 Å². The lowest BCUT2D eigenvalue weighted by Crippen LogP contribution is -2.36. The van der Waals surface area contributed by atoms with Crippen LogP contribution in [0.5, 0.6) is 0 Å². The predicted octanol–water partition coefficient (Wildman–Crippen LogP) is 1.72. The maximum absolute atomic E-state index is 12.6. The molecule has 0 aromatic carbocycles. The molecule has 1 heterocycles. The Labute approximate surface area is 138 Å². The second-order valence-corrected chi connectivity index (χ2v) is 6.67. The number of esters is 1. The summed E-state index contributed by atoms with van der Waals surface area (Å²) < 4.78 is 6.20. The van der Waals surface area contributed by atoms with Gasteiger partial charge in [0.15, 0.2) is 6.04 Å². The van der Waals surface area contributed by atoms with Crippen molar-refractivity contribution in [3.8, 4) is 0 Å². The fourth-order valence-corrected chi connectivity index (χ4v) is 2.46. The van der Waals surface area contributed by atoms with Crippen LogP contribution in [0, 0.1) is 19.8 Å². The molecule has 1 rings (SSSR count). The lowest BCUT2D eigenvalue weighted by atomic mass is 10.0. The summed E-state index contributed by atoms with van der Waals surface area (Å²) in [7, 11) is 5.33. The van der Waals surface area contributed by atoms with Crippen LogP contribution in [-0.2, 0) is 16.0 Å². The summed E-state index contributed by atoms with van der Waals surface area (Å²) in [5.74, 6) is -0.172. The van der Waals surface area contributed by atoms with Crippen molar-refractivity contribution in [2.24, 2.45) is 5.92 Å². The van der Waals surface area contributed by atoms with Gasteiger partial charge in [0.1, 0.15) is 0 Å². The first kappa shape index (κ1) is 19.4. The topological polar surface area (TPSA) is 64.4 Å². The lowest BCUT2D eigenvalue weighted by molar-refractivity contribution is -0.145. The van der Waals surface area contributed by atoms with E-state index >= 15 is 0 Å². The van der Waals surface area contributed by atoms with Gasteiger partial charge in [-0.3, -0.25) is 4.79 Å². The van der Waals surface area contributed by atoms with E-state index in [1.165, 1.54) is 11.8 Å². The minimum atomic E-state index is -0.676. The van der Waals surface area contributed by atoms with E-state index < -0.39 is 12.0 Å². The van der Waals surface area contributed by atoms with E-state index in [1.807, 2.05) is 34.9 Å². The number of nitrogens with zero attached hydrogens (tertiary/aromatic N) is 3. The molecule has 6 heteroatoms. The first-order chi connectivity index (χ1) is 10.7. The summed E-state index contributed by atoms with van der Waals surface area (Å²) in [4.78, 5) is 26.8. The minimum absolute atomic E-state index is 0.216. The molecular weight excluding hydrogens is 294 g/mol. The number of carbonyl (C=O) groups excluding carboxylic acids is 1. The van der Waals surface area contributed by atoms with Gasteiger partial charge < -0.3 is 9.64 Å². The van der Waals surface area contributed by atoms with Crippen LogP contribution in [0.4, 0.5) is 0 Å². The lowest BCUT2D eigenvalue weighted by Gasteiger charge is -2.21. The van der Waals surface area contributed by atoms with Gasteiger partial charge in [0.2, 0.25) is 0 Å². The van der Waals surface area contributed by atoms with Crippen LogP contribution in [0.1, 0.15) is 43.1 Å². The predicted molar refractivity (Wildman–Crippen MR) is 90.7 cm³/mol. The van der Waals surface area contributed by atoms with Crippen LogP contribution in [0.2, 0.25) is 0 Å². The van der Waals surface area contributed by atoms with Crippen LogP contribution in [-0.4, -0.2) is 48.4 Å². The number of carbonyl (C=O) groups is 1. The quantitative estimate of drug-likeness (QED) is 0.715. The molecule has 1 atom stereocenters. The summed E-state index contributed by atoms with van der Waals surface area (Å²) in [6.07, 6.45) is 1.25. The third-order valence-electron chi connectivity index (χ3n) is 4.01. The van der Waals surface area contributed by atoms with Crippen molar-refractivity contribution in [3.63, 3.8) is 0 Å². The average molecular weight is 323 g/mol. The maximum Gasteiger partial charge on any atom is 0.330 e. The van der Waals surface area contributed by atoms with Crippen LogP contribution in [0.25, 0.3) is 0 Å². The zero-order valence-corrected chi connectivity index (χ0v) is 15.3. The number of likely N-dealkylation sites (N-methyl/N-ethyl adjacent to an activating group) is 1. The summed E-state index contributed by atoms with van der Waals surface area (Å²) in [5, 5.41) is 4.50. The van der Waals surface area contributed by atoms with E-state index in [2.05, 4.69) is 10.00 Å². The number of rotatable bonds is 7. The van der Waals surface area contributed by atoms with Gasteiger partial charge in [0, 0.05) is 18.5 Å². The number of aromatic nitrogens is 2. The van der Waals surface area contributed by atoms with Crippen LogP contribution in [0.3, 0.4) is 0 Å². The van der Waals surface area contributed by atoms with Crippen LogP contribution >= 0.6 is 0 Å². The normalized spacial score (nSPS) is 12.7. The second kappa shape index (κ2) is 8.24. The van der Waals surface area contributed by atoms with Crippen molar-refractivity contribution in [1.29, 1.82) is 0 Å². The van der Waals surface area contributed by atoms with E-state index in [-0.39, 0.29) is 11.5 Å². The van der Waals surface area contributed by atoms with Crippen molar-refractivity contribution in [2.75, 3.05) is 27.7 Å². The molecule has 1 aromatic rings. The van der Waals surface area contributed by atoms with E-state index in [9.17, 15) is 9.59 Å². The van der Waals surface area contributed by atoms with Crippen LogP contribution < -0.4 is 5.56 Å². The Morgan fingerprint density at radius 1 is 1.26 bits per heavy atom. The Bertz CT molecular complexity index is 606. The zero-order chi connectivity index (χ0) is 17.7. The molecular formula is C17H29N3O3. The van der Waals surface area contributed by atoms with Gasteiger partial charge in [-0.2, -0.15) is 5.10 Å². The fraction of sp³-hybridized carbons (Fsp3) is 0.706. The highest BCUT2D eigenvalue weighted by molar-refractivity contribution is 5.73. The minimum Gasteiger partial charge on any atom is -0.467 e. The third kappa shape index (κ3) is 4.89. The Morgan fingerprint density at radius 3 is 2.35 bits per heavy atom. The Kier molecular flexibility index (Phi) is 6.94. The van der Waals surface area contributed by atoms with Crippen molar-refractivity contribution in [3.05, 3.63) is 27.2 Å². The number of hydrogen-bond donors (Lipinski definition) is 0. The molecule has 0 saturated heterocycles. The van der Waals surface area contributed by atoms with Crippen molar-refractivity contribution >= 4 is 5.97 Å². The summed E-state index contributed by atoms with van der Waals surface area (Å²) >= 11 is 0. The zero-order valence-electron chi connectivity index (χ0n) is 15.3. The Balaban J connectivity index is 3.36. The van der Waals surface area contributed by atoms with Gasteiger partial charge in [-0.1, -0.05) is 13.8 Å². The molecule has 0 saturated carbocycles. The monoisotopic (exact) mass is 323 g/mol. The highest BCUT2D eigenvalue weighted by atomic mass is 16.5. The first-order valence-corrected chi connectivity index (χ1v) is 8.00.